The van der Waals surface area contributed by atoms with Gasteiger partial charge in [-0.2, -0.15) is 0 Å². The van der Waals surface area contributed by atoms with Crippen LogP contribution in [0.2, 0.25) is 0 Å². The van der Waals surface area contributed by atoms with Crippen molar-refractivity contribution in [2.24, 2.45) is 0 Å². The summed E-state index contributed by atoms with van der Waals surface area (Å²) in [5.74, 6) is 2.08. The van der Waals surface area contributed by atoms with Gasteiger partial charge < -0.3 is 14.9 Å². The van der Waals surface area contributed by atoms with Gasteiger partial charge in [0.25, 0.3) is 0 Å². The third-order valence-corrected chi connectivity index (χ3v) is 12.3. The standard InChI is InChI=1S/C53H34N12/c1-65-28-20-33(21-29-65)37-9-5-13-41-45(37)53-63-48-40-12-4-8-36(32-18-26-56-27-19-32)44(40)51(61-48)59-46-38-10-2-6-34(30-14-22-54-23-15-30)42(38)50(57-46)58-47-39-11-3-7-35(31-16-24-55-25-17-31)43(39)52(60-47)62-49(41)64-53/h2-28H,29H2,1H3,(H2,57,58,59,60,61,62,63,64). The van der Waals surface area contributed by atoms with Crippen LogP contribution in [0.4, 0.5) is 0 Å². The van der Waals surface area contributed by atoms with Gasteiger partial charge >= 0.3 is 0 Å². The summed E-state index contributed by atoms with van der Waals surface area (Å²) in [5, 5.41) is 3.59. The number of allylic oxidation sites excluding steroid dienone is 2. The number of benzene rings is 4. The number of H-pyrrole nitrogens is 2. The summed E-state index contributed by atoms with van der Waals surface area (Å²) >= 11 is 0. The number of likely N-dealkylation sites (N-methyl/N-ethyl adjacent to an activating group) is 1. The van der Waals surface area contributed by atoms with Crippen molar-refractivity contribution in [2.75, 3.05) is 13.6 Å². The molecule has 0 amide bonds. The van der Waals surface area contributed by atoms with Crippen molar-refractivity contribution in [1.82, 2.24) is 59.7 Å². The van der Waals surface area contributed by atoms with Gasteiger partial charge in [0.1, 0.15) is 22.6 Å². The summed E-state index contributed by atoms with van der Waals surface area (Å²) in [6.07, 6.45) is 17.3. The Labute approximate surface area is 370 Å². The maximum atomic E-state index is 5.45. The zero-order valence-electron chi connectivity index (χ0n) is 34.8. The van der Waals surface area contributed by atoms with Gasteiger partial charge in [0.15, 0.2) is 23.3 Å². The Balaban J connectivity index is 1.22. The molecule has 10 aromatic rings. The van der Waals surface area contributed by atoms with Crippen LogP contribution in [0.15, 0.2) is 165 Å². The largest absolute Gasteiger partial charge is 0.377 e. The maximum absolute atomic E-state index is 5.45. The van der Waals surface area contributed by atoms with Crippen molar-refractivity contribution in [2.45, 2.75) is 0 Å². The van der Waals surface area contributed by atoms with Gasteiger partial charge in [0, 0.05) is 94.6 Å². The first-order chi connectivity index (χ1) is 32.1. The molecule has 0 saturated heterocycles. The number of fused-ring (bicyclic) bond motifs is 20. The molecule has 3 aliphatic rings. The third-order valence-electron chi connectivity index (χ3n) is 12.3. The highest BCUT2D eigenvalue weighted by Crippen LogP contribution is 2.44. The molecule has 2 N–H and O–H groups in total. The molecular weight excluding hydrogens is 805 g/mol. The van der Waals surface area contributed by atoms with Crippen molar-refractivity contribution >= 4 is 49.7 Å². The van der Waals surface area contributed by atoms with Crippen molar-refractivity contribution < 1.29 is 0 Å². The first-order valence-corrected chi connectivity index (χ1v) is 21.3. The molecule has 0 spiro atoms. The maximum Gasteiger partial charge on any atom is 0.165 e. The van der Waals surface area contributed by atoms with Crippen LogP contribution in [0.5, 0.6) is 0 Å². The molecule has 13 rings (SSSR count). The second kappa shape index (κ2) is 14.5. The van der Waals surface area contributed by atoms with E-state index >= 15 is 0 Å². The first kappa shape index (κ1) is 36.6. The van der Waals surface area contributed by atoms with Crippen LogP contribution < -0.4 is 0 Å². The number of nitrogens with one attached hydrogen (secondary N) is 2. The van der Waals surface area contributed by atoms with E-state index in [4.69, 9.17) is 29.9 Å². The lowest BCUT2D eigenvalue weighted by Crippen LogP contribution is -2.13. The molecule has 8 bridgehead atoms. The number of aromatic nitrogens is 11. The molecule has 0 aliphatic carbocycles. The summed E-state index contributed by atoms with van der Waals surface area (Å²) in [5.41, 5.74) is 13.9. The SMILES string of the molecule is CN1C=CC(c2cccc3c4nc5nc(nc6[nH]c(nc7nc(nc([nH]4)c23)-c2cccc(-c3ccncc3)c2-7)c2cccc(-c3ccncc3)c62)-c2cccc(-c3ccncc3)c2-5)=CC1. The molecule has 0 unspecified atom stereocenters. The second-order valence-electron chi connectivity index (χ2n) is 16.1. The predicted molar refractivity (Wildman–Crippen MR) is 255 cm³/mol. The molecular formula is C53H34N12. The molecule has 12 heteroatoms. The zero-order valence-corrected chi connectivity index (χ0v) is 34.8. The zero-order chi connectivity index (χ0) is 43.0. The Morgan fingerprint density at radius 3 is 1.32 bits per heavy atom. The van der Waals surface area contributed by atoms with E-state index in [1.54, 1.807) is 37.2 Å². The average molecular weight is 839 g/mol. The molecule has 306 valence electrons. The Kier molecular flexibility index (Phi) is 8.18. The highest BCUT2D eigenvalue weighted by Gasteiger charge is 2.27. The van der Waals surface area contributed by atoms with E-state index in [1.807, 2.05) is 54.6 Å². The lowest BCUT2D eigenvalue weighted by Gasteiger charge is -2.17. The minimum absolute atomic E-state index is 0.517. The number of rotatable bonds is 4. The van der Waals surface area contributed by atoms with Crippen LogP contribution in [-0.2, 0) is 0 Å². The fraction of sp³-hybridized carbons (Fsp3) is 0.0377. The van der Waals surface area contributed by atoms with Crippen LogP contribution in [0.1, 0.15) is 5.56 Å². The highest BCUT2D eigenvalue weighted by molar-refractivity contribution is 6.13. The smallest absolute Gasteiger partial charge is 0.165 e. The van der Waals surface area contributed by atoms with Gasteiger partial charge in [-0.15, -0.1) is 0 Å². The van der Waals surface area contributed by atoms with Gasteiger partial charge in [0.2, 0.25) is 0 Å². The number of aromatic amines is 2. The minimum Gasteiger partial charge on any atom is -0.377 e. The molecule has 0 radical (unpaired) electrons. The first-order valence-electron chi connectivity index (χ1n) is 21.3. The molecule has 0 atom stereocenters. The van der Waals surface area contributed by atoms with Crippen molar-refractivity contribution in [3.63, 3.8) is 0 Å². The average Bonchev–Trinajstić information content (AvgIpc) is 4.11. The minimum atomic E-state index is 0.517. The fourth-order valence-corrected chi connectivity index (χ4v) is 9.32. The van der Waals surface area contributed by atoms with Crippen molar-refractivity contribution in [1.29, 1.82) is 0 Å². The molecule has 9 heterocycles. The van der Waals surface area contributed by atoms with Crippen LogP contribution >= 0.6 is 0 Å². The van der Waals surface area contributed by atoms with Gasteiger partial charge in [-0.25, -0.2) is 29.9 Å². The summed E-state index contributed by atoms with van der Waals surface area (Å²) < 4.78 is 0. The summed E-state index contributed by atoms with van der Waals surface area (Å²) in [7, 11) is 2.07. The van der Waals surface area contributed by atoms with E-state index in [2.05, 4.69) is 110 Å². The number of hydrogen-bond acceptors (Lipinski definition) is 10. The highest BCUT2D eigenvalue weighted by atomic mass is 15.1. The second-order valence-corrected chi connectivity index (χ2v) is 16.1. The Bertz CT molecular complexity index is 3770. The van der Waals surface area contributed by atoms with Gasteiger partial charge in [-0.1, -0.05) is 78.9 Å². The molecule has 0 fully saturated rings. The van der Waals surface area contributed by atoms with Gasteiger partial charge in [-0.3, -0.25) is 15.0 Å². The third kappa shape index (κ3) is 5.95. The van der Waals surface area contributed by atoms with Crippen LogP contribution in [0, 0.1) is 0 Å². The fourth-order valence-electron chi connectivity index (χ4n) is 9.32. The lowest BCUT2D eigenvalue weighted by atomic mass is 9.96. The van der Waals surface area contributed by atoms with E-state index in [9.17, 15) is 0 Å². The quantitative estimate of drug-likeness (QED) is 0.175. The number of nitrogens with zero attached hydrogens (tertiary/aromatic N) is 10. The topological polar surface area (TPSA) is 151 Å². The lowest BCUT2D eigenvalue weighted by molar-refractivity contribution is 0.506. The van der Waals surface area contributed by atoms with E-state index in [0.29, 0.717) is 45.9 Å². The van der Waals surface area contributed by atoms with Crippen LogP contribution in [0.3, 0.4) is 0 Å². The van der Waals surface area contributed by atoms with Gasteiger partial charge in [0.05, 0.1) is 0 Å². The van der Waals surface area contributed by atoms with Crippen LogP contribution in [0.25, 0.3) is 129 Å². The van der Waals surface area contributed by atoms with Crippen LogP contribution in [-0.4, -0.2) is 73.3 Å². The Morgan fingerprint density at radius 2 is 0.831 bits per heavy atom. The molecule has 0 saturated carbocycles. The molecule has 6 aromatic heterocycles. The van der Waals surface area contributed by atoms with E-state index < -0.39 is 0 Å². The van der Waals surface area contributed by atoms with E-state index in [0.717, 1.165) is 94.9 Å². The Hall–Kier alpha value is -9.03. The molecule has 4 aromatic carbocycles. The van der Waals surface area contributed by atoms with E-state index in [1.165, 1.54) is 0 Å². The number of pyridine rings is 3. The molecule has 3 aliphatic heterocycles. The summed E-state index contributed by atoms with van der Waals surface area (Å²) in [6, 6.07) is 37.0. The van der Waals surface area contributed by atoms with Gasteiger partial charge in [-0.05, 0) is 93.2 Å². The van der Waals surface area contributed by atoms with E-state index in [-0.39, 0.29) is 0 Å². The summed E-state index contributed by atoms with van der Waals surface area (Å²) in [6.45, 7) is 0.778. The summed E-state index contributed by atoms with van der Waals surface area (Å²) in [4.78, 5) is 54.8. The number of hydrogen-bond donors (Lipinski definition) is 2. The monoisotopic (exact) mass is 838 g/mol. The molecule has 12 nitrogen and oxygen atoms in total. The Morgan fingerprint density at radius 1 is 0.415 bits per heavy atom. The molecule has 65 heavy (non-hydrogen) atoms. The predicted octanol–water partition coefficient (Wildman–Crippen LogP) is 10.9. The normalized spacial score (nSPS) is 12.9. The van der Waals surface area contributed by atoms with Crippen molar-refractivity contribution in [3.8, 4) is 78.9 Å². The van der Waals surface area contributed by atoms with Crippen molar-refractivity contribution in [3.05, 3.63) is 170 Å².